The molecular formula is C17H14N4O2. The minimum absolute atomic E-state index is 0.303. The van der Waals surface area contributed by atoms with Gasteiger partial charge in [0.25, 0.3) is 0 Å². The molecule has 6 nitrogen and oxygen atoms in total. The summed E-state index contributed by atoms with van der Waals surface area (Å²) in [5.74, 6) is 0. The van der Waals surface area contributed by atoms with Crippen molar-refractivity contribution in [3.63, 3.8) is 0 Å². The summed E-state index contributed by atoms with van der Waals surface area (Å²) in [7, 11) is 0. The van der Waals surface area contributed by atoms with Gasteiger partial charge in [0.05, 0.1) is 17.4 Å². The zero-order chi connectivity index (χ0) is 16.0. The van der Waals surface area contributed by atoms with Crippen LogP contribution in [0.4, 0.5) is 0 Å². The molecule has 0 saturated heterocycles. The molecule has 6 heteroatoms. The van der Waals surface area contributed by atoms with Crippen LogP contribution in [-0.2, 0) is 0 Å². The molecule has 1 aromatic heterocycles. The van der Waals surface area contributed by atoms with Gasteiger partial charge >= 0.3 is 11.4 Å². The number of aromatic nitrogens is 3. The number of hydrogen-bond donors (Lipinski definition) is 0. The fraction of sp³-hybridized carbons (Fsp3) is 0.118. The van der Waals surface area contributed by atoms with E-state index in [0.717, 1.165) is 14.9 Å². The third kappa shape index (κ3) is 1.92. The van der Waals surface area contributed by atoms with E-state index in [2.05, 4.69) is 5.10 Å². The molecule has 0 unspecified atom stereocenters. The highest BCUT2D eigenvalue weighted by atomic mass is 16.2. The van der Waals surface area contributed by atoms with Crippen molar-refractivity contribution in [1.29, 1.82) is 0 Å². The van der Waals surface area contributed by atoms with Crippen molar-refractivity contribution in [1.82, 2.24) is 14.0 Å². The van der Waals surface area contributed by atoms with Gasteiger partial charge in [-0.25, -0.2) is 18.8 Å². The van der Waals surface area contributed by atoms with E-state index < -0.39 is 5.69 Å². The second-order valence-corrected chi connectivity index (χ2v) is 5.40. The normalized spacial score (nSPS) is 16.2. The lowest BCUT2D eigenvalue weighted by molar-refractivity contribution is 0.513. The number of benzene rings is 2. The molecule has 23 heavy (non-hydrogen) atoms. The molecule has 1 aliphatic rings. The molecule has 3 aromatic rings. The first-order valence-corrected chi connectivity index (χ1v) is 7.35. The standard InChI is InChI=1S/C17H14N4O2/c1-12-15(13-8-4-2-5-9-13)18-21-17(23)19(16(22)20(12)21)14-10-6-3-7-11-14/h2-12H,1H3/t12-/m0/s1. The Labute approximate surface area is 131 Å². The van der Waals surface area contributed by atoms with E-state index >= 15 is 0 Å². The van der Waals surface area contributed by atoms with Crippen LogP contribution < -0.4 is 11.4 Å². The maximum atomic E-state index is 12.7. The lowest BCUT2D eigenvalue weighted by atomic mass is 10.1. The second kappa shape index (κ2) is 4.95. The van der Waals surface area contributed by atoms with Crippen LogP contribution in [0.15, 0.2) is 75.4 Å². The highest BCUT2D eigenvalue weighted by Crippen LogP contribution is 2.18. The fourth-order valence-electron chi connectivity index (χ4n) is 2.87. The third-order valence-corrected chi connectivity index (χ3v) is 4.00. The van der Waals surface area contributed by atoms with E-state index in [1.54, 1.807) is 24.3 Å². The molecule has 0 fully saturated rings. The second-order valence-electron chi connectivity index (χ2n) is 5.40. The fourth-order valence-corrected chi connectivity index (χ4v) is 2.87. The minimum Gasteiger partial charge on any atom is -0.245 e. The topological polar surface area (TPSA) is 61.3 Å². The first-order valence-electron chi connectivity index (χ1n) is 7.35. The summed E-state index contributed by atoms with van der Waals surface area (Å²) in [6.45, 7) is 1.87. The third-order valence-electron chi connectivity index (χ3n) is 4.00. The van der Waals surface area contributed by atoms with E-state index in [-0.39, 0.29) is 11.7 Å². The van der Waals surface area contributed by atoms with Gasteiger partial charge in [0.1, 0.15) is 0 Å². The molecule has 0 spiro atoms. The molecule has 2 aromatic carbocycles. The van der Waals surface area contributed by atoms with Gasteiger partial charge in [-0.05, 0) is 19.1 Å². The molecule has 0 amide bonds. The number of fused-ring (bicyclic) bond motifs is 1. The van der Waals surface area contributed by atoms with Gasteiger partial charge in [-0.1, -0.05) is 48.5 Å². The lowest BCUT2D eigenvalue weighted by Gasteiger charge is -2.07. The SMILES string of the molecule is C[C@H]1C(c2ccccc2)=Nn2c(=O)n(-c3ccccc3)c(=O)n21. The van der Waals surface area contributed by atoms with Crippen molar-refractivity contribution in [2.75, 3.05) is 0 Å². The molecule has 0 saturated carbocycles. The van der Waals surface area contributed by atoms with E-state index in [1.807, 2.05) is 43.3 Å². The zero-order valence-electron chi connectivity index (χ0n) is 12.5. The van der Waals surface area contributed by atoms with Crippen LogP contribution >= 0.6 is 0 Å². The summed E-state index contributed by atoms with van der Waals surface area (Å²) in [5, 5.41) is 4.37. The Morgan fingerprint density at radius 3 is 2.09 bits per heavy atom. The Morgan fingerprint density at radius 2 is 1.48 bits per heavy atom. The van der Waals surface area contributed by atoms with Crippen molar-refractivity contribution in [3.05, 3.63) is 87.2 Å². The maximum Gasteiger partial charge on any atom is 0.373 e. The number of nitrogens with zero attached hydrogens (tertiary/aromatic N) is 4. The average Bonchev–Trinajstić information content (AvgIpc) is 3.05. The quantitative estimate of drug-likeness (QED) is 0.722. The number of rotatable bonds is 2. The van der Waals surface area contributed by atoms with Crippen LogP contribution in [0.1, 0.15) is 18.5 Å². The lowest BCUT2D eigenvalue weighted by Crippen LogP contribution is -2.30. The molecular weight excluding hydrogens is 292 g/mol. The molecule has 2 heterocycles. The van der Waals surface area contributed by atoms with E-state index in [4.69, 9.17) is 0 Å². The summed E-state index contributed by atoms with van der Waals surface area (Å²) in [6.07, 6.45) is 0. The molecule has 114 valence electrons. The van der Waals surface area contributed by atoms with E-state index in [1.165, 1.54) is 4.68 Å². The van der Waals surface area contributed by atoms with Crippen LogP contribution in [-0.4, -0.2) is 19.8 Å². The van der Waals surface area contributed by atoms with Gasteiger partial charge in [0.15, 0.2) is 0 Å². The Morgan fingerprint density at radius 1 is 0.870 bits per heavy atom. The number of hydrogen-bond acceptors (Lipinski definition) is 3. The van der Waals surface area contributed by atoms with Crippen molar-refractivity contribution in [2.45, 2.75) is 13.0 Å². The summed E-state index contributed by atoms with van der Waals surface area (Å²) in [6, 6.07) is 18.1. The Kier molecular flexibility index (Phi) is 2.90. The summed E-state index contributed by atoms with van der Waals surface area (Å²) in [5.41, 5.74) is 1.31. The molecule has 1 aliphatic heterocycles. The summed E-state index contributed by atoms with van der Waals surface area (Å²) >= 11 is 0. The van der Waals surface area contributed by atoms with Crippen molar-refractivity contribution < 1.29 is 0 Å². The van der Waals surface area contributed by atoms with E-state index in [9.17, 15) is 9.59 Å². The van der Waals surface area contributed by atoms with Gasteiger partial charge < -0.3 is 0 Å². The van der Waals surface area contributed by atoms with Crippen molar-refractivity contribution >= 4 is 5.71 Å². The van der Waals surface area contributed by atoms with Crippen LogP contribution in [0.3, 0.4) is 0 Å². The highest BCUT2D eigenvalue weighted by Gasteiger charge is 2.30. The molecule has 0 aliphatic carbocycles. The van der Waals surface area contributed by atoms with Gasteiger partial charge in [-0.2, -0.15) is 0 Å². The van der Waals surface area contributed by atoms with E-state index in [0.29, 0.717) is 11.4 Å². The summed E-state index contributed by atoms with van der Waals surface area (Å²) < 4.78 is 2.53. The van der Waals surface area contributed by atoms with Crippen molar-refractivity contribution in [2.24, 2.45) is 5.10 Å². The smallest absolute Gasteiger partial charge is 0.245 e. The Bertz CT molecular complexity index is 1010. The van der Waals surface area contributed by atoms with Crippen molar-refractivity contribution in [3.8, 4) is 5.69 Å². The molecule has 0 N–H and O–H groups in total. The minimum atomic E-state index is -0.459. The van der Waals surface area contributed by atoms with Gasteiger partial charge in [-0.3, -0.25) is 0 Å². The molecule has 0 radical (unpaired) electrons. The van der Waals surface area contributed by atoms with Crippen LogP contribution in [0.5, 0.6) is 0 Å². The first kappa shape index (κ1) is 13.5. The largest absolute Gasteiger partial charge is 0.373 e. The molecule has 1 atom stereocenters. The predicted octanol–water partition coefficient (Wildman–Crippen LogP) is 1.63. The zero-order valence-corrected chi connectivity index (χ0v) is 12.5. The maximum absolute atomic E-state index is 12.7. The summed E-state index contributed by atoms with van der Waals surface area (Å²) in [4.78, 5) is 26.5. The molecule has 4 rings (SSSR count). The van der Waals surface area contributed by atoms with Gasteiger partial charge in [0, 0.05) is 5.56 Å². The van der Waals surface area contributed by atoms with Gasteiger partial charge in [-0.15, -0.1) is 9.89 Å². The first-order chi connectivity index (χ1) is 11.2. The Balaban J connectivity index is 1.92. The van der Waals surface area contributed by atoms with Gasteiger partial charge in [0.2, 0.25) is 0 Å². The van der Waals surface area contributed by atoms with Crippen LogP contribution in [0, 0.1) is 0 Å². The highest BCUT2D eigenvalue weighted by molar-refractivity contribution is 6.03. The predicted molar refractivity (Wildman–Crippen MR) is 87.4 cm³/mol. The monoisotopic (exact) mass is 306 g/mol. The van der Waals surface area contributed by atoms with Crippen LogP contribution in [0.25, 0.3) is 5.69 Å². The van der Waals surface area contributed by atoms with Crippen LogP contribution in [0.2, 0.25) is 0 Å². The average molecular weight is 306 g/mol. The molecule has 0 bridgehead atoms. The number of para-hydroxylation sites is 1. The Hall–Kier alpha value is -3.15.